The van der Waals surface area contributed by atoms with E-state index in [0.717, 1.165) is 78.7 Å². The van der Waals surface area contributed by atoms with E-state index in [4.69, 9.17) is 9.15 Å². The Hall–Kier alpha value is -7.19. The van der Waals surface area contributed by atoms with Crippen molar-refractivity contribution >= 4 is 112 Å². The minimum atomic E-state index is 0.0146. The van der Waals surface area contributed by atoms with Crippen LogP contribution in [0.15, 0.2) is 178 Å². The number of nitrogens with one attached hydrogen (secondary N) is 1. The molecule has 2 aromatic heterocycles. The third-order valence-corrected chi connectivity index (χ3v) is 18.0. The third-order valence-electron chi connectivity index (χ3n) is 15.8. The van der Waals surface area contributed by atoms with Crippen LogP contribution in [-0.2, 0) is 10.8 Å². The second-order valence-corrected chi connectivity index (χ2v) is 23.5. The summed E-state index contributed by atoms with van der Waals surface area (Å²) < 4.78 is 16.4. The predicted molar refractivity (Wildman–Crippen MR) is 304 cm³/mol. The van der Waals surface area contributed by atoms with Crippen LogP contribution in [0.1, 0.15) is 62.8 Å². The highest BCUT2D eigenvalue weighted by molar-refractivity contribution is 7.99. The lowest BCUT2D eigenvalue weighted by atomic mass is 9.57. The molecule has 71 heavy (non-hydrogen) atoms. The number of aryl methyl sites for hydroxylation is 2. The smallest absolute Gasteiger partial charge is 0.198 e. The number of nitrogens with zero attached hydrogens (tertiary/aromatic N) is 1. The van der Waals surface area contributed by atoms with Gasteiger partial charge < -0.3 is 19.4 Å². The van der Waals surface area contributed by atoms with Crippen LogP contribution in [0.2, 0.25) is 0 Å². The number of thiophene rings is 1. The summed E-state index contributed by atoms with van der Waals surface area (Å²) in [5.74, 6) is 1.80. The fourth-order valence-electron chi connectivity index (χ4n) is 11.9. The van der Waals surface area contributed by atoms with Gasteiger partial charge in [-0.25, -0.2) is 0 Å². The second kappa shape index (κ2) is 15.7. The number of benzene rings is 9. The molecule has 0 bridgehead atoms. The number of para-hydroxylation sites is 2. The topological polar surface area (TPSA) is 37.6 Å². The molecule has 0 saturated heterocycles. The number of hydrogen-bond donors (Lipinski definition) is 1. The van der Waals surface area contributed by atoms with E-state index in [2.05, 4.69) is 216 Å². The van der Waals surface area contributed by atoms with Crippen LogP contribution in [0.3, 0.4) is 0 Å². The van der Waals surface area contributed by atoms with Gasteiger partial charge >= 0.3 is 0 Å². The van der Waals surface area contributed by atoms with Crippen molar-refractivity contribution in [2.45, 2.75) is 75.0 Å². The van der Waals surface area contributed by atoms with E-state index in [1.165, 1.54) is 81.4 Å². The summed E-state index contributed by atoms with van der Waals surface area (Å²) in [6, 6.07) is 60.4. The normalized spacial score (nSPS) is 15.2. The lowest BCUT2D eigenvalue weighted by Crippen LogP contribution is -2.41. The molecule has 4 nitrogen and oxygen atoms in total. The number of furan rings is 1. The first-order chi connectivity index (χ1) is 34.5. The molecule has 7 heteroatoms. The van der Waals surface area contributed by atoms with Gasteiger partial charge in [0, 0.05) is 76.6 Å². The Morgan fingerprint density at radius 2 is 1.31 bits per heavy atom. The molecule has 1 aliphatic carbocycles. The van der Waals surface area contributed by atoms with Crippen LogP contribution >= 0.6 is 23.1 Å². The Balaban J connectivity index is 1.09. The van der Waals surface area contributed by atoms with Crippen LogP contribution in [0.5, 0.6) is 11.5 Å². The second-order valence-electron chi connectivity index (χ2n) is 21.3. The summed E-state index contributed by atoms with van der Waals surface area (Å²) in [5, 5.41) is 8.88. The van der Waals surface area contributed by atoms with Crippen LogP contribution < -0.4 is 25.9 Å². The molecule has 344 valence electrons. The van der Waals surface area contributed by atoms with E-state index in [1.54, 1.807) is 11.8 Å². The predicted octanol–water partition coefficient (Wildman–Crippen LogP) is 17.4. The molecule has 0 radical (unpaired) electrons. The van der Waals surface area contributed by atoms with Gasteiger partial charge in [0.05, 0.1) is 9.79 Å². The standard InChI is InChI=1S/C64H51BN2O2S2/c1-36-24-25-47(41(28-36)38-16-8-7-9-17-38)66-48-30-42-39-18-11-14-22-56(39)70-58(42)31-43(48)61-60-40-19-10-12-20-52(40)68-55(60)34-51-62(61)65-46-33-54-59(71-57-23-15-13-21-53(57)69-54)35-50(46)67(51)49-32-45-44(29-37(49)2)63(3,4)26-27-64(45,5)6/h7-25,28-35,65-66H,26-27H2,1-6H3. The molecular formula is C64H51BN2O2S2. The number of rotatable bonds is 5. The zero-order chi connectivity index (χ0) is 47.9. The fraction of sp³-hybridized carbons (Fsp3) is 0.156. The van der Waals surface area contributed by atoms with Gasteiger partial charge in [0.25, 0.3) is 0 Å². The summed E-state index contributed by atoms with van der Waals surface area (Å²) in [7, 11) is 0.696. The molecule has 1 N–H and O–H groups in total. The first-order valence-electron chi connectivity index (χ1n) is 24.9. The van der Waals surface area contributed by atoms with Gasteiger partial charge in [-0.1, -0.05) is 141 Å². The van der Waals surface area contributed by atoms with Crippen molar-refractivity contribution in [1.82, 2.24) is 0 Å². The minimum Gasteiger partial charge on any atom is -0.456 e. The number of anilines is 5. The Morgan fingerprint density at radius 1 is 0.563 bits per heavy atom. The molecule has 14 rings (SSSR count). The lowest BCUT2D eigenvalue weighted by molar-refractivity contribution is 0.332. The highest BCUT2D eigenvalue weighted by Crippen LogP contribution is 2.54. The average molecular weight is 955 g/mol. The summed E-state index contributed by atoms with van der Waals surface area (Å²) in [4.78, 5) is 4.83. The van der Waals surface area contributed by atoms with Gasteiger partial charge in [0.15, 0.2) is 7.28 Å². The van der Waals surface area contributed by atoms with E-state index < -0.39 is 0 Å². The zero-order valence-electron chi connectivity index (χ0n) is 40.8. The summed E-state index contributed by atoms with van der Waals surface area (Å²) in [5.41, 5.74) is 20.0. The maximum atomic E-state index is 7.08. The number of fused-ring (bicyclic) bond motifs is 11. The van der Waals surface area contributed by atoms with E-state index in [-0.39, 0.29) is 10.8 Å². The molecule has 4 heterocycles. The summed E-state index contributed by atoms with van der Waals surface area (Å²) >= 11 is 3.66. The Morgan fingerprint density at radius 3 is 2.15 bits per heavy atom. The molecule has 0 fully saturated rings. The maximum Gasteiger partial charge on any atom is 0.198 e. The quantitative estimate of drug-likeness (QED) is 0.174. The van der Waals surface area contributed by atoms with Crippen molar-refractivity contribution in [1.29, 1.82) is 0 Å². The van der Waals surface area contributed by atoms with Gasteiger partial charge in [-0.2, -0.15) is 0 Å². The van der Waals surface area contributed by atoms with Crippen LogP contribution in [-0.4, -0.2) is 7.28 Å². The molecule has 11 aromatic rings. The average Bonchev–Trinajstić information content (AvgIpc) is 3.93. The van der Waals surface area contributed by atoms with Crippen molar-refractivity contribution in [3.63, 3.8) is 0 Å². The number of ether oxygens (including phenoxy) is 1. The van der Waals surface area contributed by atoms with E-state index >= 15 is 0 Å². The lowest BCUT2D eigenvalue weighted by Gasteiger charge is -2.44. The highest BCUT2D eigenvalue weighted by atomic mass is 32.2. The van der Waals surface area contributed by atoms with Crippen LogP contribution in [0.4, 0.5) is 28.4 Å². The maximum absolute atomic E-state index is 7.08. The van der Waals surface area contributed by atoms with Gasteiger partial charge in [-0.15, -0.1) is 11.3 Å². The van der Waals surface area contributed by atoms with Crippen molar-refractivity contribution in [2.24, 2.45) is 0 Å². The SMILES string of the molecule is Cc1ccc(Nc2cc3c(cc2-c2c4c(cc5oc6ccccc6c25)N(c2cc5c(cc2C)C(C)(C)CCC5(C)C)c2cc5c(cc2B4)Oc2ccccc2S5)sc2ccccc23)c(-c2ccccc2)c1. The summed E-state index contributed by atoms with van der Waals surface area (Å²) in [6.45, 7) is 14.2. The molecule has 0 unspecified atom stereocenters. The van der Waals surface area contributed by atoms with Crippen molar-refractivity contribution in [2.75, 3.05) is 10.2 Å². The molecule has 0 amide bonds. The van der Waals surface area contributed by atoms with Crippen molar-refractivity contribution in [3.05, 3.63) is 186 Å². The van der Waals surface area contributed by atoms with E-state index in [9.17, 15) is 0 Å². The monoisotopic (exact) mass is 954 g/mol. The first kappa shape index (κ1) is 42.7. The zero-order valence-corrected chi connectivity index (χ0v) is 42.4. The Kier molecular flexibility index (Phi) is 9.41. The highest BCUT2D eigenvalue weighted by Gasteiger charge is 2.40. The molecule has 0 atom stereocenters. The molecule has 2 aliphatic heterocycles. The minimum absolute atomic E-state index is 0.0146. The van der Waals surface area contributed by atoms with Gasteiger partial charge in [0.2, 0.25) is 0 Å². The van der Waals surface area contributed by atoms with E-state index in [0.29, 0.717) is 7.28 Å². The first-order valence-corrected chi connectivity index (χ1v) is 26.5. The number of hydrogen-bond acceptors (Lipinski definition) is 6. The van der Waals surface area contributed by atoms with Gasteiger partial charge in [-0.3, -0.25) is 0 Å². The van der Waals surface area contributed by atoms with Crippen molar-refractivity contribution in [3.8, 4) is 33.8 Å². The third kappa shape index (κ3) is 6.73. The van der Waals surface area contributed by atoms with Gasteiger partial charge in [-0.05, 0) is 138 Å². The Bertz CT molecular complexity index is 4050. The largest absolute Gasteiger partial charge is 0.456 e. The van der Waals surface area contributed by atoms with Crippen LogP contribution in [0.25, 0.3) is 64.4 Å². The molecule has 9 aromatic carbocycles. The van der Waals surface area contributed by atoms with Crippen molar-refractivity contribution < 1.29 is 9.15 Å². The fourth-order valence-corrected chi connectivity index (χ4v) is 14.0. The Labute approximate surface area is 423 Å². The molecule has 0 spiro atoms. The summed E-state index contributed by atoms with van der Waals surface area (Å²) in [6.07, 6.45) is 2.30. The molecule has 0 saturated carbocycles. The van der Waals surface area contributed by atoms with Gasteiger partial charge in [0.1, 0.15) is 22.7 Å². The molecule has 3 aliphatic rings. The van der Waals surface area contributed by atoms with E-state index in [1.807, 2.05) is 11.3 Å². The molecular weight excluding hydrogens is 904 g/mol. The van der Waals surface area contributed by atoms with Crippen LogP contribution in [0, 0.1) is 13.8 Å².